The lowest BCUT2D eigenvalue weighted by Gasteiger charge is -2.15. The number of hydrogen-bond donors (Lipinski definition) is 1. The van der Waals surface area contributed by atoms with Crippen LogP contribution in [0.3, 0.4) is 0 Å². The zero-order valence-electron chi connectivity index (χ0n) is 11.3. The number of aromatic nitrogens is 2. The van der Waals surface area contributed by atoms with Gasteiger partial charge in [0.2, 0.25) is 0 Å². The fourth-order valence-electron chi connectivity index (χ4n) is 1.59. The Hall–Kier alpha value is -0.230. The van der Waals surface area contributed by atoms with Gasteiger partial charge in [0.05, 0.1) is 23.5 Å². The van der Waals surface area contributed by atoms with Crippen LogP contribution in [0.15, 0.2) is 6.20 Å². The molecule has 1 aromatic heterocycles. The third kappa shape index (κ3) is 4.80. The molecule has 0 spiro atoms. The van der Waals surface area contributed by atoms with Crippen molar-refractivity contribution >= 4 is 23.4 Å². The van der Waals surface area contributed by atoms with Gasteiger partial charge in [-0.05, 0) is 26.3 Å². The number of nitrogens with zero attached hydrogens (tertiary/aromatic N) is 3. The highest BCUT2D eigenvalue weighted by Crippen LogP contribution is 2.25. The Morgan fingerprint density at radius 1 is 1.56 bits per heavy atom. The number of hydrogen-bond acceptors (Lipinski definition) is 4. The van der Waals surface area contributed by atoms with E-state index < -0.39 is 6.10 Å². The van der Waals surface area contributed by atoms with E-state index in [4.69, 9.17) is 11.6 Å². The minimum atomic E-state index is -0.543. The van der Waals surface area contributed by atoms with Crippen LogP contribution in [-0.2, 0) is 6.54 Å². The van der Waals surface area contributed by atoms with Crippen LogP contribution < -0.4 is 0 Å². The van der Waals surface area contributed by atoms with E-state index >= 15 is 0 Å². The third-order valence-electron chi connectivity index (χ3n) is 2.53. The second-order valence-corrected chi connectivity index (χ2v) is 6.05. The van der Waals surface area contributed by atoms with Gasteiger partial charge in [-0.3, -0.25) is 4.68 Å². The Morgan fingerprint density at radius 2 is 2.28 bits per heavy atom. The van der Waals surface area contributed by atoms with Gasteiger partial charge in [-0.2, -0.15) is 16.9 Å². The maximum Gasteiger partial charge on any atom is 0.106 e. The molecule has 0 saturated carbocycles. The van der Waals surface area contributed by atoms with Crippen LogP contribution in [-0.4, -0.2) is 51.9 Å². The Labute approximate surface area is 118 Å². The first kappa shape index (κ1) is 15.8. The molecule has 1 aromatic rings. The monoisotopic (exact) mass is 291 g/mol. The van der Waals surface area contributed by atoms with E-state index in [1.54, 1.807) is 22.6 Å². The van der Waals surface area contributed by atoms with E-state index in [1.165, 1.54) is 0 Å². The predicted octanol–water partition coefficient (Wildman–Crippen LogP) is 2.27. The van der Waals surface area contributed by atoms with Crippen molar-refractivity contribution in [2.24, 2.45) is 0 Å². The lowest BCUT2D eigenvalue weighted by atomic mass is 10.3. The normalized spacial score (nSPS) is 13.2. The molecule has 1 heterocycles. The van der Waals surface area contributed by atoms with Crippen LogP contribution in [0.5, 0.6) is 0 Å². The molecular weight excluding hydrogens is 270 g/mol. The molecule has 0 radical (unpaired) electrons. The van der Waals surface area contributed by atoms with Gasteiger partial charge in [0.15, 0.2) is 0 Å². The Morgan fingerprint density at radius 3 is 2.89 bits per heavy atom. The van der Waals surface area contributed by atoms with Gasteiger partial charge in [0.1, 0.15) is 6.10 Å². The van der Waals surface area contributed by atoms with Crippen LogP contribution in [0, 0.1) is 0 Å². The summed E-state index contributed by atoms with van der Waals surface area (Å²) in [6.45, 7) is 3.75. The highest BCUT2D eigenvalue weighted by molar-refractivity contribution is 7.99. The maximum atomic E-state index is 10.2. The van der Waals surface area contributed by atoms with Crippen LogP contribution >= 0.6 is 23.4 Å². The highest BCUT2D eigenvalue weighted by Gasteiger charge is 2.18. The van der Waals surface area contributed by atoms with Crippen LogP contribution in [0.1, 0.15) is 25.1 Å². The molecule has 0 amide bonds. The molecule has 0 bridgehead atoms. The standard InChI is InChI=1S/C12H22ClN3OS/c1-4-7-18-9-11(17)12-10(13)8-14-16(12)6-5-15(2)3/h8,11,17H,4-7,9H2,1-3H3. The van der Waals surface area contributed by atoms with Gasteiger partial charge in [-0.25, -0.2) is 0 Å². The molecule has 0 aromatic carbocycles. The molecule has 104 valence electrons. The Balaban J connectivity index is 2.64. The van der Waals surface area contributed by atoms with Crippen molar-refractivity contribution in [3.05, 3.63) is 16.9 Å². The van der Waals surface area contributed by atoms with E-state index in [0.717, 1.165) is 31.0 Å². The topological polar surface area (TPSA) is 41.3 Å². The molecule has 0 fully saturated rings. The molecule has 1 N–H and O–H groups in total. The van der Waals surface area contributed by atoms with Gasteiger partial charge in [-0.15, -0.1) is 0 Å². The Kier molecular flexibility index (Phi) is 7.07. The molecule has 0 saturated heterocycles. The summed E-state index contributed by atoms with van der Waals surface area (Å²) in [6.07, 6.45) is 2.18. The van der Waals surface area contributed by atoms with E-state index in [9.17, 15) is 5.11 Å². The number of rotatable bonds is 8. The van der Waals surface area contributed by atoms with Crippen molar-refractivity contribution in [2.45, 2.75) is 26.0 Å². The summed E-state index contributed by atoms with van der Waals surface area (Å²) in [5.74, 6) is 1.72. The number of aliphatic hydroxyl groups excluding tert-OH is 1. The minimum absolute atomic E-state index is 0.543. The Bertz CT molecular complexity index is 357. The summed E-state index contributed by atoms with van der Waals surface area (Å²) in [5.41, 5.74) is 0.738. The van der Waals surface area contributed by atoms with Crippen molar-refractivity contribution < 1.29 is 5.11 Å². The van der Waals surface area contributed by atoms with Crippen molar-refractivity contribution in [2.75, 3.05) is 32.1 Å². The summed E-state index contributed by atoms with van der Waals surface area (Å²) in [6, 6.07) is 0. The van der Waals surface area contributed by atoms with Crippen molar-refractivity contribution in [3.8, 4) is 0 Å². The number of aliphatic hydroxyl groups is 1. The lowest BCUT2D eigenvalue weighted by Crippen LogP contribution is -2.21. The second-order valence-electron chi connectivity index (χ2n) is 4.49. The zero-order valence-corrected chi connectivity index (χ0v) is 12.8. The number of halogens is 1. The van der Waals surface area contributed by atoms with E-state index in [-0.39, 0.29) is 0 Å². The van der Waals surface area contributed by atoms with Crippen LogP contribution in [0.25, 0.3) is 0 Å². The SMILES string of the molecule is CCCSCC(O)c1c(Cl)cnn1CCN(C)C. The molecule has 0 aliphatic rings. The summed E-state index contributed by atoms with van der Waals surface area (Å²) in [4.78, 5) is 2.08. The first-order valence-electron chi connectivity index (χ1n) is 6.18. The molecule has 0 aliphatic carbocycles. The molecule has 1 unspecified atom stereocenters. The highest BCUT2D eigenvalue weighted by atomic mass is 35.5. The summed E-state index contributed by atoms with van der Waals surface area (Å²) in [7, 11) is 4.02. The minimum Gasteiger partial charge on any atom is -0.386 e. The molecule has 0 aliphatic heterocycles. The van der Waals surface area contributed by atoms with E-state index in [1.807, 2.05) is 14.1 Å². The molecule has 18 heavy (non-hydrogen) atoms. The molecule has 1 atom stereocenters. The smallest absolute Gasteiger partial charge is 0.106 e. The molecule has 4 nitrogen and oxygen atoms in total. The fourth-order valence-corrected chi connectivity index (χ4v) is 2.70. The first-order valence-corrected chi connectivity index (χ1v) is 7.71. The van der Waals surface area contributed by atoms with E-state index in [2.05, 4.69) is 16.9 Å². The van der Waals surface area contributed by atoms with Gasteiger partial charge < -0.3 is 10.0 Å². The van der Waals surface area contributed by atoms with E-state index in [0.29, 0.717) is 10.8 Å². The number of likely N-dealkylation sites (N-methyl/N-ethyl adjacent to an activating group) is 1. The van der Waals surface area contributed by atoms with Gasteiger partial charge in [-0.1, -0.05) is 18.5 Å². The van der Waals surface area contributed by atoms with Crippen molar-refractivity contribution in [1.82, 2.24) is 14.7 Å². The van der Waals surface area contributed by atoms with Crippen molar-refractivity contribution in [3.63, 3.8) is 0 Å². The van der Waals surface area contributed by atoms with Gasteiger partial charge >= 0.3 is 0 Å². The second kappa shape index (κ2) is 8.04. The number of thioether (sulfide) groups is 1. The quantitative estimate of drug-likeness (QED) is 0.746. The average molecular weight is 292 g/mol. The molecular formula is C12H22ClN3OS. The van der Waals surface area contributed by atoms with Gasteiger partial charge in [0.25, 0.3) is 0 Å². The lowest BCUT2D eigenvalue weighted by molar-refractivity contribution is 0.190. The van der Waals surface area contributed by atoms with Crippen LogP contribution in [0.4, 0.5) is 0 Å². The third-order valence-corrected chi connectivity index (χ3v) is 4.07. The largest absolute Gasteiger partial charge is 0.386 e. The fraction of sp³-hybridized carbons (Fsp3) is 0.750. The van der Waals surface area contributed by atoms with Crippen LogP contribution in [0.2, 0.25) is 5.02 Å². The molecule has 6 heteroatoms. The average Bonchev–Trinajstić information content (AvgIpc) is 2.68. The molecule has 1 rings (SSSR count). The predicted molar refractivity (Wildman–Crippen MR) is 78.4 cm³/mol. The van der Waals surface area contributed by atoms with Crippen molar-refractivity contribution in [1.29, 1.82) is 0 Å². The zero-order chi connectivity index (χ0) is 13.5. The van der Waals surface area contributed by atoms with Gasteiger partial charge in [0, 0.05) is 12.3 Å². The summed E-state index contributed by atoms with van der Waals surface area (Å²) >= 11 is 7.84. The summed E-state index contributed by atoms with van der Waals surface area (Å²) in [5, 5.41) is 15.0. The first-order chi connectivity index (χ1) is 8.56. The summed E-state index contributed by atoms with van der Waals surface area (Å²) < 4.78 is 1.81. The maximum absolute atomic E-state index is 10.2.